The third-order valence-electron chi connectivity index (χ3n) is 3.71. The Hall–Kier alpha value is -1.52. The first-order valence-electron chi connectivity index (χ1n) is 9.06. The molecule has 9 heteroatoms. The van der Waals surface area contributed by atoms with Gasteiger partial charge in [-0.2, -0.15) is 0 Å². The zero-order valence-corrected chi connectivity index (χ0v) is 19.8. The molecule has 0 saturated carbocycles. The van der Waals surface area contributed by atoms with Crippen molar-refractivity contribution < 1.29 is 14.1 Å². The van der Waals surface area contributed by atoms with Gasteiger partial charge >= 0.3 is 6.09 Å². The Morgan fingerprint density at radius 3 is 2.44 bits per heavy atom. The van der Waals surface area contributed by atoms with E-state index >= 15 is 0 Å². The second-order valence-electron chi connectivity index (χ2n) is 6.99. The summed E-state index contributed by atoms with van der Waals surface area (Å²) in [6.45, 7) is 11.3. The van der Waals surface area contributed by atoms with Crippen molar-refractivity contribution in [3.05, 3.63) is 17.0 Å². The average molecular weight is 495 g/mol. The predicted octanol–water partition coefficient (Wildman–Crippen LogP) is 2.95. The maximum atomic E-state index is 11.9. The summed E-state index contributed by atoms with van der Waals surface area (Å²) in [5.74, 6) is 1.56. The van der Waals surface area contributed by atoms with Gasteiger partial charge in [-0.15, -0.1) is 24.0 Å². The minimum atomic E-state index is -0.497. The quantitative estimate of drug-likeness (QED) is 0.344. The highest BCUT2D eigenvalue weighted by molar-refractivity contribution is 14.0. The number of carbonyl (C=O) groups excluding carboxylic acids is 1. The van der Waals surface area contributed by atoms with Crippen LogP contribution in [0.1, 0.15) is 51.6 Å². The second-order valence-corrected chi connectivity index (χ2v) is 6.99. The van der Waals surface area contributed by atoms with Crippen LogP contribution in [0.15, 0.2) is 9.52 Å². The number of likely N-dealkylation sites (N-methyl/N-ethyl adjacent to an activating group) is 1. The van der Waals surface area contributed by atoms with Gasteiger partial charge in [0.1, 0.15) is 11.4 Å². The Bertz CT molecular complexity index is 589. The minimum absolute atomic E-state index is 0. The first kappa shape index (κ1) is 25.5. The van der Waals surface area contributed by atoms with Crippen LogP contribution >= 0.6 is 24.0 Å². The summed E-state index contributed by atoms with van der Waals surface area (Å²) in [6.07, 6.45) is 1.29. The number of carbonyl (C=O) groups is 1. The molecule has 1 aromatic heterocycles. The van der Waals surface area contributed by atoms with E-state index in [2.05, 4.69) is 27.7 Å². The molecule has 1 heterocycles. The maximum Gasteiger partial charge on any atom is 0.410 e. The molecule has 0 fully saturated rings. The molecule has 1 aromatic rings. The number of ether oxygens (including phenoxy) is 1. The third kappa shape index (κ3) is 8.81. The van der Waals surface area contributed by atoms with E-state index in [1.54, 1.807) is 14.1 Å². The lowest BCUT2D eigenvalue weighted by molar-refractivity contribution is 0.0302. The fraction of sp³-hybridized carbons (Fsp3) is 0.722. The van der Waals surface area contributed by atoms with Crippen LogP contribution in [0, 0.1) is 0 Å². The van der Waals surface area contributed by atoms with Crippen molar-refractivity contribution in [2.24, 2.45) is 4.99 Å². The molecule has 2 N–H and O–H groups in total. The second kappa shape index (κ2) is 12.0. The van der Waals surface area contributed by atoms with Crippen LogP contribution in [0.5, 0.6) is 0 Å². The number of nitrogens with one attached hydrogen (secondary N) is 2. The molecule has 0 aliphatic heterocycles. The number of rotatable bonds is 7. The molecule has 0 aliphatic rings. The molecule has 0 unspecified atom stereocenters. The van der Waals surface area contributed by atoms with Gasteiger partial charge in [0.25, 0.3) is 0 Å². The van der Waals surface area contributed by atoms with E-state index in [1.165, 1.54) is 4.90 Å². The Labute approximate surface area is 179 Å². The monoisotopic (exact) mass is 495 g/mol. The molecule has 156 valence electrons. The molecular formula is C18H34IN5O3. The smallest absolute Gasteiger partial charge is 0.410 e. The molecule has 0 atom stereocenters. The van der Waals surface area contributed by atoms with E-state index in [9.17, 15) is 4.79 Å². The number of aliphatic imine (C=N–C) groups is 1. The van der Waals surface area contributed by atoms with Gasteiger partial charge in [0.15, 0.2) is 5.96 Å². The normalized spacial score (nSPS) is 11.6. The lowest BCUT2D eigenvalue weighted by Gasteiger charge is -2.24. The molecule has 1 rings (SSSR count). The molecule has 0 radical (unpaired) electrons. The molecular weight excluding hydrogens is 461 g/mol. The van der Waals surface area contributed by atoms with Gasteiger partial charge in [-0.1, -0.05) is 19.0 Å². The molecule has 0 saturated heterocycles. The van der Waals surface area contributed by atoms with Gasteiger partial charge in [0, 0.05) is 45.7 Å². The summed E-state index contributed by atoms with van der Waals surface area (Å²) < 4.78 is 10.7. The van der Waals surface area contributed by atoms with E-state index < -0.39 is 5.60 Å². The number of hydrogen-bond donors (Lipinski definition) is 2. The van der Waals surface area contributed by atoms with Gasteiger partial charge in [-0.05, 0) is 27.2 Å². The highest BCUT2D eigenvalue weighted by Crippen LogP contribution is 2.15. The first-order chi connectivity index (χ1) is 12.2. The summed E-state index contributed by atoms with van der Waals surface area (Å²) >= 11 is 0. The van der Waals surface area contributed by atoms with Crippen molar-refractivity contribution >= 4 is 36.0 Å². The van der Waals surface area contributed by atoms with Gasteiger partial charge in [0.05, 0.1) is 5.69 Å². The molecule has 1 amide bonds. The fourth-order valence-corrected chi connectivity index (χ4v) is 2.30. The number of nitrogens with zero attached hydrogens (tertiary/aromatic N) is 3. The Kier molecular flexibility index (Phi) is 11.4. The molecule has 0 aromatic carbocycles. The summed E-state index contributed by atoms with van der Waals surface area (Å²) in [5.41, 5.74) is 1.56. The highest BCUT2D eigenvalue weighted by Gasteiger charge is 2.19. The maximum absolute atomic E-state index is 11.9. The van der Waals surface area contributed by atoms with E-state index in [-0.39, 0.29) is 30.1 Å². The van der Waals surface area contributed by atoms with Crippen molar-refractivity contribution in [1.82, 2.24) is 20.7 Å². The number of guanidine groups is 1. The van der Waals surface area contributed by atoms with E-state index in [1.807, 2.05) is 27.7 Å². The number of hydrogen-bond acceptors (Lipinski definition) is 5. The average Bonchev–Trinajstić information content (AvgIpc) is 2.98. The third-order valence-corrected chi connectivity index (χ3v) is 3.71. The van der Waals surface area contributed by atoms with Crippen LogP contribution in [0.4, 0.5) is 4.79 Å². The molecule has 0 spiro atoms. The molecule has 8 nitrogen and oxygen atoms in total. The minimum Gasteiger partial charge on any atom is -0.444 e. The molecule has 0 bridgehead atoms. The van der Waals surface area contributed by atoms with Crippen molar-refractivity contribution in [2.45, 2.75) is 59.6 Å². The van der Waals surface area contributed by atoms with Gasteiger partial charge in [-0.25, -0.2) is 4.79 Å². The van der Waals surface area contributed by atoms with E-state index in [4.69, 9.17) is 9.26 Å². The fourth-order valence-electron chi connectivity index (χ4n) is 2.30. The van der Waals surface area contributed by atoms with Crippen LogP contribution in [0.25, 0.3) is 0 Å². The van der Waals surface area contributed by atoms with Gasteiger partial charge < -0.3 is 24.8 Å². The van der Waals surface area contributed by atoms with Crippen LogP contribution in [-0.4, -0.2) is 54.9 Å². The van der Waals surface area contributed by atoms with E-state index in [0.29, 0.717) is 25.6 Å². The summed E-state index contributed by atoms with van der Waals surface area (Å²) in [5, 5.41) is 10.6. The number of amides is 1. The lowest BCUT2D eigenvalue weighted by Crippen LogP contribution is -2.43. The summed E-state index contributed by atoms with van der Waals surface area (Å²) in [4.78, 5) is 17.7. The predicted molar refractivity (Wildman–Crippen MR) is 118 cm³/mol. The van der Waals surface area contributed by atoms with Crippen molar-refractivity contribution in [3.8, 4) is 0 Å². The number of aromatic nitrogens is 1. The zero-order valence-electron chi connectivity index (χ0n) is 17.5. The van der Waals surface area contributed by atoms with Crippen LogP contribution in [0.3, 0.4) is 0 Å². The standard InChI is InChI=1S/C18H33N5O3.HI/c1-8-14-13(15(9-2)26-22-14)12-21-16(19-6)20-10-11-23(7)17(24)25-18(3,4)5;/h8-12H2,1-7H3,(H2,19,20,21);1H. The molecule has 0 aliphatic carbocycles. The summed E-state index contributed by atoms with van der Waals surface area (Å²) in [6, 6.07) is 0. The number of aryl methyl sites for hydroxylation is 2. The first-order valence-corrected chi connectivity index (χ1v) is 9.06. The van der Waals surface area contributed by atoms with Crippen molar-refractivity contribution in [1.29, 1.82) is 0 Å². The van der Waals surface area contributed by atoms with Crippen molar-refractivity contribution in [3.63, 3.8) is 0 Å². The zero-order chi connectivity index (χ0) is 19.7. The summed E-state index contributed by atoms with van der Waals surface area (Å²) in [7, 11) is 3.42. The van der Waals surface area contributed by atoms with Crippen LogP contribution < -0.4 is 10.6 Å². The van der Waals surface area contributed by atoms with Gasteiger partial charge in [0.2, 0.25) is 0 Å². The largest absolute Gasteiger partial charge is 0.444 e. The molecule has 27 heavy (non-hydrogen) atoms. The Morgan fingerprint density at radius 1 is 1.26 bits per heavy atom. The van der Waals surface area contributed by atoms with E-state index in [0.717, 1.165) is 29.9 Å². The number of halogens is 1. The highest BCUT2D eigenvalue weighted by atomic mass is 127. The van der Waals surface area contributed by atoms with Crippen LogP contribution in [-0.2, 0) is 24.1 Å². The lowest BCUT2D eigenvalue weighted by atomic mass is 10.1. The SMILES string of the molecule is CCc1noc(CC)c1CNC(=NC)NCCN(C)C(=O)OC(C)(C)C.I. The van der Waals surface area contributed by atoms with Crippen LogP contribution in [0.2, 0.25) is 0 Å². The van der Waals surface area contributed by atoms with Crippen molar-refractivity contribution in [2.75, 3.05) is 27.2 Å². The Morgan fingerprint density at radius 2 is 1.93 bits per heavy atom. The topological polar surface area (TPSA) is 92.0 Å². The Balaban J connectivity index is 0.00000676. The van der Waals surface area contributed by atoms with Gasteiger partial charge in [-0.3, -0.25) is 4.99 Å².